The molecule has 1 saturated heterocycles. The summed E-state index contributed by atoms with van der Waals surface area (Å²) in [5.74, 6) is 0.256. The molecule has 1 aromatic rings. The third-order valence-electron chi connectivity index (χ3n) is 3.04. The quantitative estimate of drug-likeness (QED) is 0.612. The van der Waals surface area contributed by atoms with Gasteiger partial charge in [0.25, 0.3) is 5.24 Å². The van der Waals surface area contributed by atoms with Crippen molar-refractivity contribution >= 4 is 23.0 Å². The Balaban J connectivity index is 0.00000242. The van der Waals surface area contributed by atoms with Gasteiger partial charge in [0.2, 0.25) is 0 Å². The van der Waals surface area contributed by atoms with Crippen molar-refractivity contribution < 1.29 is 40.5 Å². The Morgan fingerprint density at radius 2 is 2.23 bits per heavy atom. The molecule has 0 bridgehead atoms. The number of hydrogen-bond donors (Lipinski definition) is 1. The van der Waals surface area contributed by atoms with E-state index in [4.69, 9.17) is 9.84 Å². The molecule has 1 amide bonds. The molecule has 0 aromatic heterocycles. The van der Waals surface area contributed by atoms with Gasteiger partial charge < -0.3 is 16.8 Å². The molecule has 1 aliphatic heterocycles. The van der Waals surface area contributed by atoms with Crippen molar-refractivity contribution in [3.05, 3.63) is 36.8 Å². The Morgan fingerprint density at radius 1 is 1.45 bits per heavy atom. The average molecular weight is 493 g/mol. The summed E-state index contributed by atoms with van der Waals surface area (Å²) in [6.07, 6.45) is 0. The molecule has 0 aliphatic carbocycles. The number of hydrogen-bond acceptors (Lipinski definition) is 5. The van der Waals surface area contributed by atoms with Crippen molar-refractivity contribution in [3.8, 4) is 5.75 Å². The van der Waals surface area contributed by atoms with Gasteiger partial charge in [-0.05, 0) is 18.2 Å². The first-order chi connectivity index (χ1) is 10.1. The number of benzene rings is 1. The monoisotopic (exact) mass is 493 g/mol. The van der Waals surface area contributed by atoms with E-state index in [1.54, 1.807) is 17.1 Å². The molecule has 8 heteroatoms. The zero-order valence-corrected chi connectivity index (χ0v) is 15.7. The van der Waals surface area contributed by atoms with Gasteiger partial charge in [-0.2, -0.15) is 0 Å². The Hall–Kier alpha value is -1.04. The van der Waals surface area contributed by atoms with Crippen LogP contribution in [0.5, 0.6) is 5.75 Å². The second kappa shape index (κ2) is 9.18. The van der Waals surface area contributed by atoms with E-state index in [0.717, 1.165) is 12.3 Å². The minimum atomic E-state index is -0.994. The first-order valence-corrected chi connectivity index (χ1v) is 7.55. The van der Waals surface area contributed by atoms with Gasteiger partial charge in [0.15, 0.2) is 0 Å². The Labute approximate surface area is 148 Å². The van der Waals surface area contributed by atoms with Crippen LogP contribution in [-0.4, -0.2) is 58.3 Å². The van der Waals surface area contributed by atoms with E-state index in [0.29, 0.717) is 25.4 Å². The largest absolute Gasteiger partial charge is 0.492 e. The van der Waals surface area contributed by atoms with Gasteiger partial charge in [0.1, 0.15) is 12.4 Å². The first kappa shape index (κ1) is 19.0. The van der Waals surface area contributed by atoms with Crippen molar-refractivity contribution in [2.24, 2.45) is 0 Å². The fourth-order valence-corrected chi connectivity index (χ4v) is 2.82. The molecule has 0 unspecified atom stereocenters. The van der Waals surface area contributed by atoms with Crippen molar-refractivity contribution in [3.63, 3.8) is 0 Å². The molecule has 0 spiro atoms. The molecular weight excluding hydrogens is 476 g/mol. The third kappa shape index (κ3) is 5.00. The summed E-state index contributed by atoms with van der Waals surface area (Å²) < 4.78 is 5.53. The summed E-state index contributed by atoms with van der Waals surface area (Å²) in [4.78, 5) is 22.7. The third-order valence-corrected chi connectivity index (χ3v) is 3.88. The minimum absolute atomic E-state index is 0. The van der Waals surface area contributed by atoms with Gasteiger partial charge >= 0.3 is 5.97 Å². The summed E-state index contributed by atoms with van der Waals surface area (Å²) in [6, 6.07) is 6.29. The van der Waals surface area contributed by atoms with Crippen molar-refractivity contribution in [1.82, 2.24) is 10.0 Å². The summed E-state index contributed by atoms with van der Waals surface area (Å²) >= 11 is 1.28. The maximum absolute atomic E-state index is 11.8. The number of carbonyl (C=O) groups is 2. The van der Waals surface area contributed by atoms with Crippen LogP contribution < -0.4 is 4.74 Å². The number of carbonyl (C=O) groups excluding carboxylic acids is 1. The molecule has 0 saturated carbocycles. The maximum Gasteiger partial charge on any atom is 0.335 e. The van der Waals surface area contributed by atoms with E-state index in [-0.39, 0.29) is 31.9 Å². The zero-order chi connectivity index (χ0) is 15.2. The number of thioether (sulfide) groups is 1. The van der Waals surface area contributed by atoms with Crippen LogP contribution in [0.25, 0.3) is 0 Å². The van der Waals surface area contributed by atoms with Crippen LogP contribution in [0, 0.1) is 6.92 Å². The molecule has 1 aromatic carbocycles. The summed E-state index contributed by atoms with van der Waals surface area (Å²) in [7, 11) is 0. The van der Waals surface area contributed by atoms with Gasteiger partial charge in [0.05, 0.1) is 12.1 Å². The number of carboxylic acid groups (broad SMARTS) is 1. The zero-order valence-electron chi connectivity index (χ0n) is 11.9. The second-order valence-electron chi connectivity index (χ2n) is 4.37. The van der Waals surface area contributed by atoms with Crippen LogP contribution in [0.15, 0.2) is 24.3 Å². The number of ether oxygens (including phenoxy) is 1. The number of rotatable bonds is 6. The number of aromatic carboxylic acids is 1. The van der Waals surface area contributed by atoms with Crippen molar-refractivity contribution in [2.45, 2.75) is 0 Å². The Kier molecular flexibility index (Phi) is 7.93. The molecule has 120 valence electrons. The Morgan fingerprint density at radius 3 is 2.91 bits per heavy atom. The second-order valence-corrected chi connectivity index (χ2v) is 5.42. The number of hydrazine groups is 1. The fraction of sp³-hybridized carbons (Fsp3) is 0.357. The van der Waals surface area contributed by atoms with Gasteiger partial charge in [-0.1, -0.05) is 17.8 Å². The summed E-state index contributed by atoms with van der Waals surface area (Å²) in [6.45, 7) is 5.84. The molecule has 1 fully saturated rings. The van der Waals surface area contributed by atoms with Gasteiger partial charge in [0, 0.05) is 33.4 Å². The van der Waals surface area contributed by atoms with E-state index in [2.05, 4.69) is 6.92 Å². The van der Waals surface area contributed by atoms with Crippen LogP contribution in [0.4, 0.5) is 4.79 Å². The van der Waals surface area contributed by atoms with Crippen molar-refractivity contribution in [2.75, 3.05) is 32.0 Å². The fourth-order valence-electron chi connectivity index (χ4n) is 1.98. The normalized spacial score (nSPS) is 15.3. The molecule has 2 rings (SSSR count). The summed E-state index contributed by atoms with van der Waals surface area (Å²) in [5.41, 5.74) is 0.177. The van der Waals surface area contributed by atoms with Crippen LogP contribution in [-0.2, 0) is 21.1 Å². The molecule has 0 radical (unpaired) electrons. The van der Waals surface area contributed by atoms with Crippen LogP contribution in [0.1, 0.15) is 10.4 Å². The summed E-state index contributed by atoms with van der Waals surface area (Å²) in [5, 5.41) is 12.4. The smallest absolute Gasteiger partial charge is 0.335 e. The molecular formula is C14H17N2O4SW-. The van der Waals surface area contributed by atoms with Gasteiger partial charge in [-0.3, -0.25) is 9.80 Å². The number of nitrogens with zero attached hydrogens (tertiary/aromatic N) is 2. The maximum atomic E-state index is 11.8. The van der Waals surface area contributed by atoms with Crippen LogP contribution >= 0.6 is 11.8 Å². The molecule has 1 N–H and O–H groups in total. The molecule has 0 atom stereocenters. The predicted molar refractivity (Wildman–Crippen MR) is 80.4 cm³/mol. The van der Waals surface area contributed by atoms with E-state index in [1.165, 1.54) is 23.9 Å². The molecule has 6 nitrogen and oxygen atoms in total. The van der Waals surface area contributed by atoms with Gasteiger partial charge in [-0.15, -0.1) is 6.54 Å². The average Bonchev–Trinajstić information content (AvgIpc) is 2.49. The van der Waals surface area contributed by atoms with E-state index in [9.17, 15) is 9.59 Å². The number of carboxylic acids is 1. The SMILES string of the molecule is [CH2-]CN1CCSC(=O)N1CCOc1cccc(C(=O)O)c1.[W]. The number of amides is 1. The van der Waals surface area contributed by atoms with E-state index in [1.807, 2.05) is 5.01 Å². The molecule has 1 aliphatic rings. The van der Waals surface area contributed by atoms with Gasteiger partial charge in [-0.25, -0.2) is 9.80 Å². The van der Waals surface area contributed by atoms with E-state index >= 15 is 0 Å². The predicted octanol–water partition coefficient (Wildman–Crippen LogP) is 1.98. The standard InChI is InChI=1S/C14H17N2O4S.W/c1-2-15-7-9-21-14(19)16(15)6-8-20-12-5-3-4-11(10-12)13(17)18;/h3-5,10H,1-2,6-9H2,(H,17,18);/q-1;. The topological polar surface area (TPSA) is 70.1 Å². The Bertz CT molecular complexity index is 529. The van der Waals surface area contributed by atoms with Crippen molar-refractivity contribution in [1.29, 1.82) is 0 Å². The van der Waals surface area contributed by atoms with E-state index < -0.39 is 5.97 Å². The first-order valence-electron chi connectivity index (χ1n) is 6.56. The van der Waals surface area contributed by atoms with Crippen LogP contribution in [0.2, 0.25) is 0 Å². The molecule has 22 heavy (non-hydrogen) atoms. The minimum Gasteiger partial charge on any atom is -0.492 e. The van der Waals surface area contributed by atoms with Crippen LogP contribution in [0.3, 0.4) is 0 Å². The molecule has 1 heterocycles.